The zero-order valence-electron chi connectivity index (χ0n) is 9.69. The van der Waals surface area contributed by atoms with Crippen LogP contribution < -0.4 is 0 Å². The number of rotatable bonds is 3. The molecule has 1 N–H and O–H groups in total. The molecule has 15 heavy (non-hydrogen) atoms. The molecule has 0 amide bonds. The summed E-state index contributed by atoms with van der Waals surface area (Å²) in [6, 6.07) is 0. The van der Waals surface area contributed by atoms with Gasteiger partial charge in [-0.05, 0) is 30.3 Å². The van der Waals surface area contributed by atoms with Crippen molar-refractivity contribution in [3.63, 3.8) is 0 Å². The van der Waals surface area contributed by atoms with E-state index in [1.54, 1.807) is 0 Å². The molecule has 86 valence electrons. The Morgan fingerprint density at radius 2 is 2.40 bits per heavy atom. The Morgan fingerprint density at radius 3 is 2.93 bits per heavy atom. The van der Waals surface area contributed by atoms with Gasteiger partial charge in [0, 0.05) is 12.8 Å². The number of ether oxygens (including phenoxy) is 1. The number of allylic oxidation sites excluding steroid dienone is 2. The average molecular weight is 212 g/mol. The summed E-state index contributed by atoms with van der Waals surface area (Å²) in [4.78, 5) is 11.1. The molecule has 3 unspecified atom stereocenters. The highest BCUT2D eigenvalue weighted by molar-refractivity contribution is 5.69. The van der Waals surface area contributed by atoms with Gasteiger partial charge >= 0.3 is 5.97 Å². The number of hydrogen-bond donors (Lipinski definition) is 1. The molecule has 0 aromatic heterocycles. The second kappa shape index (κ2) is 5.19. The van der Waals surface area contributed by atoms with Gasteiger partial charge in [-0.15, -0.1) is 0 Å². The smallest absolute Gasteiger partial charge is 0.305 e. The Hall–Kier alpha value is -0.990. The lowest BCUT2D eigenvalue weighted by Gasteiger charge is -2.28. The molecule has 0 heterocycles. The molecule has 3 atom stereocenters. The summed E-state index contributed by atoms with van der Waals surface area (Å²) in [6.45, 7) is 4.14. The summed E-state index contributed by atoms with van der Waals surface area (Å²) in [5, 5.41) is 9.54. The van der Waals surface area contributed by atoms with Crippen LogP contribution in [-0.2, 0) is 9.53 Å². The molecular weight excluding hydrogens is 192 g/mol. The Labute approximate surface area is 91.1 Å². The van der Waals surface area contributed by atoms with Gasteiger partial charge in [-0.1, -0.05) is 13.8 Å². The first kappa shape index (κ1) is 12.1. The first-order valence-electron chi connectivity index (χ1n) is 5.49. The van der Waals surface area contributed by atoms with Crippen LogP contribution in [0.1, 0.15) is 33.1 Å². The van der Waals surface area contributed by atoms with Gasteiger partial charge in [0.15, 0.2) is 0 Å². The summed E-state index contributed by atoms with van der Waals surface area (Å²) in [5.41, 5.74) is 0. The fraction of sp³-hybridized carbons (Fsp3) is 0.750. The number of aliphatic hydroxyl groups excluding tert-OH is 1. The zero-order chi connectivity index (χ0) is 11.4. The molecule has 3 nitrogen and oxygen atoms in total. The predicted octanol–water partition coefficient (Wildman–Crippen LogP) is 2.67. The maximum absolute atomic E-state index is 11.1. The third-order valence-electron chi connectivity index (χ3n) is 3.14. The zero-order valence-corrected chi connectivity index (χ0v) is 9.69. The lowest BCUT2D eigenvalue weighted by atomic mass is 9.78. The summed E-state index contributed by atoms with van der Waals surface area (Å²) < 4.78 is 4.65. The molecule has 3 heteroatoms. The van der Waals surface area contributed by atoms with Gasteiger partial charge < -0.3 is 9.84 Å². The number of hydrogen-bond acceptors (Lipinski definition) is 3. The molecule has 1 rings (SSSR count). The van der Waals surface area contributed by atoms with E-state index in [9.17, 15) is 9.90 Å². The van der Waals surface area contributed by atoms with E-state index in [2.05, 4.69) is 11.7 Å². The maximum Gasteiger partial charge on any atom is 0.305 e. The molecule has 0 aromatic rings. The molecule has 0 spiro atoms. The second-order valence-electron chi connectivity index (χ2n) is 4.59. The third kappa shape index (κ3) is 3.57. The van der Waals surface area contributed by atoms with Crippen LogP contribution in [-0.4, -0.2) is 18.2 Å². The van der Waals surface area contributed by atoms with Gasteiger partial charge in [0.1, 0.15) is 0 Å². The quantitative estimate of drug-likeness (QED) is 0.731. The lowest BCUT2D eigenvalue weighted by molar-refractivity contribution is -0.142. The SMILES string of the molecule is COC(=O)CC(C)C1CC(O)=CC(C)C1. The number of carbonyl (C=O) groups is 1. The minimum Gasteiger partial charge on any atom is -0.513 e. The van der Waals surface area contributed by atoms with Crippen LogP contribution in [0.5, 0.6) is 0 Å². The van der Waals surface area contributed by atoms with E-state index >= 15 is 0 Å². The predicted molar refractivity (Wildman–Crippen MR) is 58.4 cm³/mol. The average Bonchev–Trinajstić information content (AvgIpc) is 2.16. The van der Waals surface area contributed by atoms with Crippen molar-refractivity contribution in [2.45, 2.75) is 33.1 Å². The van der Waals surface area contributed by atoms with Crippen molar-refractivity contribution in [1.82, 2.24) is 0 Å². The van der Waals surface area contributed by atoms with E-state index in [0.717, 1.165) is 6.42 Å². The van der Waals surface area contributed by atoms with E-state index in [0.29, 0.717) is 30.4 Å². The van der Waals surface area contributed by atoms with Crippen molar-refractivity contribution >= 4 is 5.97 Å². The van der Waals surface area contributed by atoms with Crippen LogP contribution in [0.3, 0.4) is 0 Å². The molecule has 1 aliphatic carbocycles. The lowest BCUT2D eigenvalue weighted by Crippen LogP contribution is -2.22. The molecule has 0 aromatic carbocycles. The number of aliphatic hydroxyl groups is 1. The molecule has 1 aliphatic rings. The highest BCUT2D eigenvalue weighted by Crippen LogP contribution is 2.33. The molecule has 0 saturated carbocycles. The molecule has 0 saturated heterocycles. The van der Waals surface area contributed by atoms with Crippen molar-refractivity contribution in [2.24, 2.45) is 17.8 Å². The van der Waals surface area contributed by atoms with E-state index in [4.69, 9.17) is 0 Å². The van der Waals surface area contributed by atoms with Gasteiger partial charge in [0.25, 0.3) is 0 Å². The van der Waals surface area contributed by atoms with Crippen LogP contribution in [0.15, 0.2) is 11.8 Å². The van der Waals surface area contributed by atoms with Gasteiger partial charge in [-0.3, -0.25) is 4.79 Å². The number of carbonyl (C=O) groups excluding carboxylic acids is 1. The summed E-state index contributed by atoms with van der Waals surface area (Å²) >= 11 is 0. The number of methoxy groups -OCH3 is 1. The van der Waals surface area contributed by atoms with Gasteiger partial charge in [0.2, 0.25) is 0 Å². The van der Waals surface area contributed by atoms with Gasteiger partial charge in [-0.2, -0.15) is 0 Å². The van der Waals surface area contributed by atoms with Crippen LogP contribution in [0.4, 0.5) is 0 Å². The van der Waals surface area contributed by atoms with Crippen LogP contribution in [0, 0.1) is 17.8 Å². The largest absolute Gasteiger partial charge is 0.513 e. The van der Waals surface area contributed by atoms with Crippen molar-refractivity contribution < 1.29 is 14.6 Å². The summed E-state index contributed by atoms with van der Waals surface area (Å²) in [5.74, 6) is 1.38. The van der Waals surface area contributed by atoms with E-state index < -0.39 is 0 Å². The first-order chi connectivity index (χ1) is 7.02. The Bertz CT molecular complexity index is 258. The number of esters is 1. The molecule has 0 bridgehead atoms. The standard InChI is InChI=1S/C12H20O3/c1-8-4-10(7-11(13)5-8)9(2)6-12(14)15-3/h5,8-10,13H,4,6-7H2,1-3H3. The second-order valence-corrected chi connectivity index (χ2v) is 4.59. The van der Waals surface area contributed by atoms with Crippen LogP contribution in [0.25, 0.3) is 0 Å². The Morgan fingerprint density at radius 1 is 1.73 bits per heavy atom. The van der Waals surface area contributed by atoms with E-state index in [1.165, 1.54) is 7.11 Å². The minimum atomic E-state index is -0.163. The maximum atomic E-state index is 11.1. The first-order valence-corrected chi connectivity index (χ1v) is 5.49. The molecule has 0 aliphatic heterocycles. The van der Waals surface area contributed by atoms with Crippen LogP contribution in [0.2, 0.25) is 0 Å². The van der Waals surface area contributed by atoms with E-state index in [1.807, 2.05) is 13.0 Å². The Balaban J connectivity index is 2.50. The molecular formula is C12H20O3. The molecule has 0 radical (unpaired) electrons. The van der Waals surface area contributed by atoms with Crippen molar-refractivity contribution in [3.05, 3.63) is 11.8 Å². The van der Waals surface area contributed by atoms with Crippen molar-refractivity contribution in [3.8, 4) is 0 Å². The topological polar surface area (TPSA) is 46.5 Å². The van der Waals surface area contributed by atoms with E-state index in [-0.39, 0.29) is 11.9 Å². The third-order valence-corrected chi connectivity index (χ3v) is 3.14. The Kier molecular flexibility index (Phi) is 4.18. The normalized spacial score (nSPS) is 28.1. The van der Waals surface area contributed by atoms with Gasteiger partial charge in [0.05, 0.1) is 12.9 Å². The fourth-order valence-electron chi connectivity index (χ4n) is 2.24. The summed E-state index contributed by atoms with van der Waals surface area (Å²) in [7, 11) is 1.41. The highest BCUT2D eigenvalue weighted by atomic mass is 16.5. The van der Waals surface area contributed by atoms with Crippen molar-refractivity contribution in [1.29, 1.82) is 0 Å². The monoisotopic (exact) mass is 212 g/mol. The van der Waals surface area contributed by atoms with Crippen LogP contribution >= 0.6 is 0 Å². The van der Waals surface area contributed by atoms with Crippen molar-refractivity contribution in [2.75, 3.05) is 7.11 Å². The minimum absolute atomic E-state index is 0.163. The highest BCUT2D eigenvalue weighted by Gasteiger charge is 2.26. The fourth-order valence-corrected chi connectivity index (χ4v) is 2.24. The summed E-state index contributed by atoms with van der Waals surface area (Å²) in [6.07, 6.45) is 4.09. The molecule has 0 fully saturated rings. The van der Waals surface area contributed by atoms with Gasteiger partial charge in [-0.25, -0.2) is 0 Å².